The van der Waals surface area contributed by atoms with E-state index in [0.717, 1.165) is 31.5 Å². The number of benzene rings is 1. The molecule has 0 aliphatic carbocycles. The smallest absolute Gasteiger partial charge is 0.321 e. The third-order valence-corrected chi connectivity index (χ3v) is 5.05. The second-order valence-corrected chi connectivity index (χ2v) is 7.39. The van der Waals surface area contributed by atoms with Crippen LogP contribution < -0.4 is 5.43 Å². The maximum atomic E-state index is 12.3. The number of ether oxygens (including phenoxy) is 1. The molecule has 0 aromatic heterocycles. The van der Waals surface area contributed by atoms with Crippen molar-refractivity contribution in [1.82, 2.24) is 9.91 Å². The Morgan fingerprint density at radius 3 is 2.58 bits per heavy atom. The second kappa shape index (κ2) is 10.3. The number of likely N-dealkylation sites (tertiary alicyclic amines) is 1. The molecular weight excluding hydrogens is 398 g/mol. The molecule has 1 fully saturated rings. The molecule has 1 saturated heterocycles. The molecule has 3 rings (SSSR count). The van der Waals surface area contributed by atoms with Crippen molar-refractivity contribution >= 4 is 29.0 Å². The molecular formula is C21H23N7O3. The van der Waals surface area contributed by atoms with E-state index in [2.05, 4.69) is 15.6 Å². The zero-order valence-corrected chi connectivity index (χ0v) is 17.2. The van der Waals surface area contributed by atoms with E-state index in [0.29, 0.717) is 11.4 Å². The molecule has 0 saturated carbocycles. The van der Waals surface area contributed by atoms with Gasteiger partial charge < -0.3 is 4.74 Å². The van der Waals surface area contributed by atoms with Crippen LogP contribution >= 0.6 is 0 Å². The van der Waals surface area contributed by atoms with Gasteiger partial charge in [-0.1, -0.05) is 19.1 Å². The monoisotopic (exact) mass is 421 g/mol. The van der Waals surface area contributed by atoms with Gasteiger partial charge in [0.25, 0.3) is 0 Å². The summed E-state index contributed by atoms with van der Waals surface area (Å²) < 4.78 is 5.27. The lowest BCUT2D eigenvalue weighted by atomic mass is 9.94. The molecule has 1 aromatic carbocycles. The Balaban J connectivity index is 1.64. The lowest BCUT2D eigenvalue weighted by Crippen LogP contribution is -2.39. The summed E-state index contributed by atoms with van der Waals surface area (Å²) in [6, 6.07) is 10.4. The number of amides is 1. The van der Waals surface area contributed by atoms with Gasteiger partial charge in [0.05, 0.1) is 17.9 Å². The van der Waals surface area contributed by atoms with Gasteiger partial charge in [0.1, 0.15) is 12.1 Å². The number of nitriles is 2. The van der Waals surface area contributed by atoms with E-state index in [4.69, 9.17) is 15.3 Å². The third-order valence-electron chi connectivity index (χ3n) is 5.05. The zero-order valence-electron chi connectivity index (χ0n) is 17.2. The number of rotatable bonds is 7. The van der Waals surface area contributed by atoms with E-state index in [1.54, 1.807) is 36.4 Å². The van der Waals surface area contributed by atoms with Gasteiger partial charge >= 0.3 is 5.97 Å². The Labute approximate surface area is 180 Å². The molecule has 10 nitrogen and oxygen atoms in total. The zero-order chi connectivity index (χ0) is 22.2. The molecule has 1 aromatic rings. The SMILES string of the molecule is C[C@@H]1CC(=O)N(COC(=O)CN2CCCC2)N=C1c1ccc(NN=C(C#N)C#N)cc1. The number of esters is 1. The topological polar surface area (TPSA) is 134 Å². The lowest BCUT2D eigenvalue weighted by Gasteiger charge is -2.27. The molecule has 2 heterocycles. The van der Waals surface area contributed by atoms with E-state index in [1.807, 2.05) is 11.8 Å². The quantitative estimate of drug-likeness (QED) is 0.402. The Bertz CT molecular complexity index is 950. The minimum absolute atomic E-state index is 0.0929. The largest absolute Gasteiger partial charge is 0.441 e. The fraction of sp³-hybridized carbons (Fsp3) is 0.429. The number of nitrogens with one attached hydrogen (secondary N) is 1. The Kier molecular flexibility index (Phi) is 7.31. The van der Waals surface area contributed by atoms with Crippen LogP contribution in [0.5, 0.6) is 0 Å². The molecule has 0 bridgehead atoms. The molecule has 0 spiro atoms. The van der Waals surface area contributed by atoms with Gasteiger partial charge in [0, 0.05) is 12.3 Å². The second-order valence-electron chi connectivity index (χ2n) is 7.39. The van der Waals surface area contributed by atoms with E-state index < -0.39 is 0 Å². The molecule has 1 N–H and O–H groups in total. The van der Waals surface area contributed by atoms with Crippen LogP contribution in [0.3, 0.4) is 0 Å². The first kappa shape index (κ1) is 21.9. The number of carbonyl (C=O) groups is 2. The van der Waals surface area contributed by atoms with Crippen molar-refractivity contribution in [2.75, 3.05) is 31.8 Å². The summed E-state index contributed by atoms with van der Waals surface area (Å²) in [5, 5.41) is 26.8. The highest BCUT2D eigenvalue weighted by atomic mass is 16.5. The highest BCUT2D eigenvalue weighted by Gasteiger charge is 2.28. The number of carbonyl (C=O) groups excluding carboxylic acids is 2. The van der Waals surface area contributed by atoms with E-state index in [-0.39, 0.29) is 43.2 Å². The van der Waals surface area contributed by atoms with Crippen LogP contribution in [0.2, 0.25) is 0 Å². The number of anilines is 1. The number of hydrogen-bond donors (Lipinski definition) is 1. The highest BCUT2D eigenvalue weighted by Crippen LogP contribution is 2.22. The fourth-order valence-corrected chi connectivity index (χ4v) is 3.40. The fourth-order valence-electron chi connectivity index (χ4n) is 3.40. The number of hydrazone groups is 2. The van der Waals surface area contributed by atoms with Crippen molar-refractivity contribution in [1.29, 1.82) is 10.5 Å². The molecule has 10 heteroatoms. The van der Waals surface area contributed by atoms with Crippen LogP contribution in [0.15, 0.2) is 34.5 Å². The van der Waals surface area contributed by atoms with Crippen LogP contribution in [-0.4, -0.2) is 59.6 Å². The predicted octanol–water partition coefficient (Wildman–Crippen LogP) is 1.67. The van der Waals surface area contributed by atoms with Gasteiger partial charge in [-0.3, -0.25) is 19.9 Å². The van der Waals surface area contributed by atoms with E-state index in [9.17, 15) is 9.59 Å². The summed E-state index contributed by atoms with van der Waals surface area (Å²) in [6.07, 6.45) is 2.43. The Hall–Kier alpha value is -3.76. The first-order valence-electron chi connectivity index (χ1n) is 10.0. The van der Waals surface area contributed by atoms with Crippen LogP contribution in [0.1, 0.15) is 31.7 Å². The van der Waals surface area contributed by atoms with Gasteiger partial charge in [-0.15, -0.1) is 0 Å². The van der Waals surface area contributed by atoms with Crippen molar-refractivity contribution in [3.8, 4) is 12.1 Å². The minimum atomic E-state index is -0.366. The van der Waals surface area contributed by atoms with Gasteiger partial charge in [0.15, 0.2) is 6.73 Å². The molecule has 0 unspecified atom stereocenters. The van der Waals surface area contributed by atoms with Crippen LogP contribution in [0.4, 0.5) is 5.69 Å². The summed E-state index contributed by atoms with van der Waals surface area (Å²) in [5.41, 5.74) is 4.48. The van der Waals surface area contributed by atoms with Gasteiger partial charge in [-0.05, 0) is 43.6 Å². The van der Waals surface area contributed by atoms with Gasteiger partial charge in [0.2, 0.25) is 11.6 Å². The first-order valence-corrected chi connectivity index (χ1v) is 10.0. The molecule has 1 atom stereocenters. The lowest BCUT2D eigenvalue weighted by molar-refractivity contribution is -0.154. The van der Waals surface area contributed by atoms with Crippen molar-refractivity contribution in [2.45, 2.75) is 26.2 Å². The van der Waals surface area contributed by atoms with E-state index in [1.165, 1.54) is 5.01 Å². The molecule has 1 amide bonds. The predicted molar refractivity (Wildman–Crippen MR) is 113 cm³/mol. The molecule has 31 heavy (non-hydrogen) atoms. The summed E-state index contributed by atoms with van der Waals surface area (Å²) in [5.74, 6) is -0.654. The Morgan fingerprint density at radius 1 is 1.26 bits per heavy atom. The summed E-state index contributed by atoms with van der Waals surface area (Å²) in [4.78, 5) is 26.4. The first-order chi connectivity index (χ1) is 15.0. The van der Waals surface area contributed by atoms with Crippen molar-refractivity contribution in [3.63, 3.8) is 0 Å². The highest BCUT2D eigenvalue weighted by molar-refractivity contribution is 6.10. The summed E-state index contributed by atoms with van der Waals surface area (Å²) in [6.45, 7) is 3.71. The molecule has 160 valence electrons. The summed E-state index contributed by atoms with van der Waals surface area (Å²) >= 11 is 0. The average molecular weight is 421 g/mol. The normalized spacial score (nSPS) is 18.5. The van der Waals surface area contributed by atoms with Crippen molar-refractivity contribution in [3.05, 3.63) is 29.8 Å². The molecule has 0 radical (unpaired) electrons. The standard InChI is InChI=1S/C21H23N7O3/c1-15-10-19(29)28(14-31-20(30)13-27-8-2-3-9-27)26-21(15)16-4-6-17(7-5-16)24-25-18(11-22)12-23/h4-7,15,24H,2-3,8-10,13-14H2,1H3/t15-/m1/s1. The number of nitrogens with zero attached hydrogens (tertiary/aromatic N) is 6. The van der Waals surface area contributed by atoms with Crippen LogP contribution in [-0.2, 0) is 14.3 Å². The van der Waals surface area contributed by atoms with Crippen LogP contribution in [0, 0.1) is 28.6 Å². The average Bonchev–Trinajstić information content (AvgIpc) is 3.27. The minimum Gasteiger partial charge on any atom is -0.441 e. The van der Waals surface area contributed by atoms with Crippen molar-refractivity contribution in [2.24, 2.45) is 16.1 Å². The van der Waals surface area contributed by atoms with Crippen molar-refractivity contribution < 1.29 is 14.3 Å². The van der Waals surface area contributed by atoms with Gasteiger partial charge in [-0.25, -0.2) is 0 Å². The van der Waals surface area contributed by atoms with Crippen LogP contribution in [0.25, 0.3) is 0 Å². The number of hydrogen-bond acceptors (Lipinski definition) is 9. The third kappa shape index (κ3) is 5.87. The Morgan fingerprint density at radius 2 is 1.94 bits per heavy atom. The molecule has 2 aliphatic rings. The summed E-state index contributed by atoms with van der Waals surface area (Å²) in [7, 11) is 0. The molecule has 2 aliphatic heterocycles. The maximum Gasteiger partial charge on any atom is 0.321 e. The van der Waals surface area contributed by atoms with Gasteiger partial charge in [-0.2, -0.15) is 25.7 Å². The van der Waals surface area contributed by atoms with E-state index >= 15 is 0 Å². The maximum absolute atomic E-state index is 12.3.